The maximum absolute atomic E-state index is 5.56. The SMILES string of the molecule is CN=C(NCC(c1cccc(C)c1)N1CCOCC1)NCC1(C)CCCS1.I. The van der Waals surface area contributed by atoms with Crippen molar-refractivity contribution >= 4 is 41.7 Å². The van der Waals surface area contributed by atoms with Gasteiger partial charge in [0.1, 0.15) is 0 Å². The lowest BCUT2D eigenvalue weighted by Crippen LogP contribution is -2.48. The minimum atomic E-state index is 0. The fourth-order valence-electron chi connectivity index (χ4n) is 3.89. The molecule has 1 aromatic carbocycles. The monoisotopic (exact) mass is 518 g/mol. The Morgan fingerprint density at radius 2 is 2.11 bits per heavy atom. The lowest BCUT2D eigenvalue weighted by atomic mass is 10.0. The lowest BCUT2D eigenvalue weighted by molar-refractivity contribution is 0.0170. The highest BCUT2D eigenvalue weighted by Crippen LogP contribution is 2.36. The topological polar surface area (TPSA) is 48.9 Å². The Balaban J connectivity index is 0.00000280. The van der Waals surface area contributed by atoms with Gasteiger partial charge in [0.2, 0.25) is 0 Å². The van der Waals surface area contributed by atoms with Gasteiger partial charge in [-0.15, -0.1) is 24.0 Å². The molecule has 28 heavy (non-hydrogen) atoms. The zero-order valence-electron chi connectivity index (χ0n) is 17.4. The van der Waals surface area contributed by atoms with Crippen molar-refractivity contribution in [1.82, 2.24) is 15.5 Å². The summed E-state index contributed by atoms with van der Waals surface area (Å²) in [5, 5.41) is 7.12. The van der Waals surface area contributed by atoms with Gasteiger partial charge >= 0.3 is 0 Å². The number of hydrogen-bond acceptors (Lipinski definition) is 4. The second kappa shape index (κ2) is 11.6. The van der Waals surface area contributed by atoms with Crippen LogP contribution in [0.1, 0.15) is 36.9 Å². The summed E-state index contributed by atoms with van der Waals surface area (Å²) in [6, 6.07) is 9.18. The summed E-state index contributed by atoms with van der Waals surface area (Å²) >= 11 is 2.08. The molecule has 2 heterocycles. The molecule has 2 saturated heterocycles. The number of aliphatic imine (C=N–C) groups is 1. The minimum absolute atomic E-state index is 0. The van der Waals surface area contributed by atoms with Crippen molar-refractivity contribution in [2.75, 3.05) is 52.2 Å². The molecule has 2 fully saturated rings. The van der Waals surface area contributed by atoms with Crippen molar-refractivity contribution < 1.29 is 4.74 Å². The molecule has 0 saturated carbocycles. The smallest absolute Gasteiger partial charge is 0.191 e. The Kier molecular flexibility index (Phi) is 9.86. The summed E-state index contributed by atoms with van der Waals surface area (Å²) in [5.74, 6) is 2.17. The van der Waals surface area contributed by atoms with Gasteiger partial charge in [0.25, 0.3) is 0 Å². The van der Waals surface area contributed by atoms with E-state index in [9.17, 15) is 0 Å². The Morgan fingerprint density at radius 1 is 1.32 bits per heavy atom. The number of morpholine rings is 1. The number of halogens is 1. The highest BCUT2D eigenvalue weighted by Gasteiger charge is 2.29. The molecule has 7 heteroatoms. The standard InChI is InChI=1S/C21H34N4OS.HI/c1-17-6-4-7-18(14-17)19(25-9-11-26-12-10-25)15-23-20(22-3)24-16-21(2)8-5-13-27-21;/h4,6-7,14,19H,5,8-13,15-16H2,1-3H3,(H2,22,23,24);1H. The number of guanidine groups is 1. The van der Waals surface area contributed by atoms with E-state index in [1.807, 2.05) is 7.05 Å². The molecule has 1 aromatic rings. The van der Waals surface area contributed by atoms with E-state index in [0.717, 1.165) is 45.4 Å². The van der Waals surface area contributed by atoms with Crippen LogP contribution >= 0.6 is 35.7 Å². The number of rotatable bonds is 6. The quantitative estimate of drug-likeness (QED) is 0.344. The van der Waals surface area contributed by atoms with E-state index in [1.54, 1.807) is 0 Å². The Labute approximate surface area is 191 Å². The maximum atomic E-state index is 5.56. The van der Waals surface area contributed by atoms with Gasteiger partial charge in [-0.3, -0.25) is 9.89 Å². The normalized spacial score (nSPS) is 24.5. The average molecular weight is 519 g/mol. The van der Waals surface area contributed by atoms with Gasteiger partial charge < -0.3 is 15.4 Å². The summed E-state index contributed by atoms with van der Waals surface area (Å²) in [4.78, 5) is 6.97. The van der Waals surface area contributed by atoms with Gasteiger partial charge in [0.05, 0.1) is 19.3 Å². The number of benzene rings is 1. The van der Waals surface area contributed by atoms with E-state index in [4.69, 9.17) is 4.74 Å². The number of nitrogens with one attached hydrogen (secondary N) is 2. The van der Waals surface area contributed by atoms with Crippen LogP contribution in [0.3, 0.4) is 0 Å². The van der Waals surface area contributed by atoms with Gasteiger partial charge in [-0.25, -0.2) is 0 Å². The van der Waals surface area contributed by atoms with Crippen LogP contribution < -0.4 is 10.6 Å². The molecular formula is C21H35IN4OS. The summed E-state index contributed by atoms with van der Waals surface area (Å²) in [6.07, 6.45) is 2.60. The Hall–Kier alpha value is -0.510. The third-order valence-electron chi connectivity index (χ3n) is 5.53. The molecule has 0 spiro atoms. The van der Waals surface area contributed by atoms with E-state index < -0.39 is 0 Å². The molecular weight excluding hydrogens is 483 g/mol. The van der Waals surface area contributed by atoms with Gasteiger partial charge in [0.15, 0.2) is 5.96 Å². The van der Waals surface area contributed by atoms with Crippen LogP contribution in [0.4, 0.5) is 0 Å². The van der Waals surface area contributed by atoms with Gasteiger partial charge in [-0.2, -0.15) is 11.8 Å². The molecule has 3 rings (SSSR count). The highest BCUT2D eigenvalue weighted by atomic mass is 127. The van der Waals surface area contributed by atoms with Crippen molar-refractivity contribution in [1.29, 1.82) is 0 Å². The minimum Gasteiger partial charge on any atom is -0.379 e. The van der Waals surface area contributed by atoms with Crippen LogP contribution in [0.25, 0.3) is 0 Å². The molecule has 0 aliphatic carbocycles. The van der Waals surface area contributed by atoms with E-state index >= 15 is 0 Å². The fraction of sp³-hybridized carbons (Fsp3) is 0.667. The molecule has 0 aromatic heterocycles. The predicted octanol–water partition coefficient (Wildman–Crippen LogP) is 3.44. The van der Waals surface area contributed by atoms with E-state index in [-0.39, 0.29) is 24.0 Å². The average Bonchev–Trinajstić information content (AvgIpc) is 3.12. The second-order valence-corrected chi connectivity index (χ2v) is 9.47. The summed E-state index contributed by atoms with van der Waals surface area (Å²) < 4.78 is 5.89. The first kappa shape index (κ1) is 23.8. The zero-order valence-corrected chi connectivity index (χ0v) is 20.5. The number of thioether (sulfide) groups is 1. The number of hydrogen-bond donors (Lipinski definition) is 2. The van der Waals surface area contributed by atoms with E-state index in [0.29, 0.717) is 10.8 Å². The third-order valence-corrected chi connectivity index (χ3v) is 7.07. The fourth-order valence-corrected chi connectivity index (χ4v) is 5.13. The molecule has 0 radical (unpaired) electrons. The highest BCUT2D eigenvalue weighted by molar-refractivity contribution is 14.0. The Morgan fingerprint density at radius 3 is 2.75 bits per heavy atom. The van der Waals surface area contributed by atoms with Crippen molar-refractivity contribution in [3.05, 3.63) is 35.4 Å². The van der Waals surface area contributed by atoms with Crippen LogP contribution in [-0.2, 0) is 4.74 Å². The van der Waals surface area contributed by atoms with Crippen LogP contribution in [-0.4, -0.2) is 67.8 Å². The summed E-state index contributed by atoms with van der Waals surface area (Å²) in [6.45, 7) is 9.89. The first-order valence-electron chi connectivity index (χ1n) is 10.1. The molecule has 5 nitrogen and oxygen atoms in total. The van der Waals surface area contributed by atoms with E-state index in [2.05, 4.69) is 70.4 Å². The molecule has 2 aliphatic heterocycles. The van der Waals surface area contributed by atoms with Crippen LogP contribution in [0.15, 0.2) is 29.3 Å². The predicted molar refractivity (Wildman–Crippen MR) is 131 cm³/mol. The largest absolute Gasteiger partial charge is 0.379 e. The molecule has 0 bridgehead atoms. The molecule has 0 amide bonds. The van der Waals surface area contributed by atoms with Gasteiger partial charge in [-0.1, -0.05) is 29.8 Å². The molecule has 2 atom stereocenters. The van der Waals surface area contributed by atoms with Crippen molar-refractivity contribution in [3.8, 4) is 0 Å². The van der Waals surface area contributed by atoms with Crippen molar-refractivity contribution in [2.24, 2.45) is 4.99 Å². The summed E-state index contributed by atoms with van der Waals surface area (Å²) in [5.41, 5.74) is 2.66. The van der Waals surface area contributed by atoms with Crippen molar-refractivity contribution in [3.63, 3.8) is 0 Å². The van der Waals surface area contributed by atoms with Crippen LogP contribution in [0.5, 0.6) is 0 Å². The zero-order chi connectivity index (χ0) is 19.1. The number of nitrogens with zero attached hydrogens (tertiary/aromatic N) is 2. The second-order valence-electron chi connectivity index (χ2n) is 7.79. The van der Waals surface area contributed by atoms with E-state index in [1.165, 1.54) is 29.7 Å². The van der Waals surface area contributed by atoms with Gasteiger partial charge in [-0.05, 0) is 38.0 Å². The number of ether oxygens (including phenoxy) is 1. The molecule has 2 N–H and O–H groups in total. The first-order valence-corrected chi connectivity index (χ1v) is 11.0. The molecule has 2 aliphatic rings. The maximum Gasteiger partial charge on any atom is 0.191 e. The van der Waals surface area contributed by atoms with Crippen LogP contribution in [0, 0.1) is 6.92 Å². The van der Waals surface area contributed by atoms with Crippen LogP contribution in [0.2, 0.25) is 0 Å². The number of aryl methyl sites for hydroxylation is 1. The molecule has 2 unspecified atom stereocenters. The lowest BCUT2D eigenvalue weighted by Gasteiger charge is -2.35. The van der Waals surface area contributed by atoms with Crippen molar-refractivity contribution in [2.45, 2.75) is 37.5 Å². The third kappa shape index (κ3) is 6.78. The Bertz CT molecular complexity index is 631. The summed E-state index contributed by atoms with van der Waals surface area (Å²) in [7, 11) is 1.86. The molecule has 158 valence electrons. The first-order chi connectivity index (χ1) is 13.1. The van der Waals surface area contributed by atoms with Gasteiger partial charge in [0, 0.05) is 38.0 Å².